The second-order valence-corrected chi connectivity index (χ2v) is 12.7. The molecule has 4 N–H and O–H groups in total. The lowest BCUT2D eigenvalue weighted by molar-refractivity contribution is -0.146. The summed E-state index contributed by atoms with van der Waals surface area (Å²) in [5, 5.41) is 8.60. The Morgan fingerprint density at radius 1 is 1.08 bits per heavy atom. The quantitative estimate of drug-likeness (QED) is 0.110. The zero-order valence-corrected chi connectivity index (χ0v) is 29.1. The summed E-state index contributed by atoms with van der Waals surface area (Å²) in [6, 6.07) is 22.7. The van der Waals surface area contributed by atoms with E-state index < -0.39 is 20.5 Å². The van der Waals surface area contributed by atoms with E-state index in [0.717, 1.165) is 22.8 Å². The number of rotatable bonds is 12. The molecule has 6 rings (SSSR count). The van der Waals surface area contributed by atoms with E-state index in [1.807, 2.05) is 93.6 Å². The summed E-state index contributed by atoms with van der Waals surface area (Å²) in [6.07, 6.45) is 0.0953. The largest absolute Gasteiger partial charge is 0.479 e. The van der Waals surface area contributed by atoms with Crippen molar-refractivity contribution in [3.05, 3.63) is 78.4 Å². The van der Waals surface area contributed by atoms with Crippen molar-refractivity contribution >= 4 is 42.7 Å². The average Bonchev–Trinajstić information content (AvgIpc) is 3.64. The molecule has 3 heterocycles. The van der Waals surface area contributed by atoms with Crippen LogP contribution < -0.4 is 30.3 Å². The Bertz CT molecular complexity index is 1660. The monoisotopic (exact) mass is 676 g/mol. The number of fused-ring (bicyclic) bond motifs is 2. The highest BCUT2D eigenvalue weighted by atomic mass is 31.2. The predicted molar refractivity (Wildman–Crippen MR) is 189 cm³/mol. The summed E-state index contributed by atoms with van der Waals surface area (Å²) in [4.78, 5) is 23.7. The van der Waals surface area contributed by atoms with Crippen LogP contribution in [0.2, 0.25) is 0 Å². The van der Waals surface area contributed by atoms with Gasteiger partial charge in [0.2, 0.25) is 11.8 Å². The van der Waals surface area contributed by atoms with E-state index in [1.54, 1.807) is 14.0 Å². The smallest absolute Gasteiger partial charge is 0.323 e. The molecule has 0 spiro atoms. The van der Waals surface area contributed by atoms with Gasteiger partial charge in [-0.3, -0.25) is 4.79 Å². The Balaban J connectivity index is 0.00000221. The van der Waals surface area contributed by atoms with Crippen LogP contribution in [0.5, 0.6) is 11.6 Å². The topological polar surface area (TPSA) is 142 Å². The molecule has 0 amide bonds. The van der Waals surface area contributed by atoms with Gasteiger partial charge in [-0.2, -0.15) is 9.97 Å². The summed E-state index contributed by atoms with van der Waals surface area (Å²) < 4.78 is 30.4. The number of nitrogens with two attached hydrogens (primary N) is 1. The van der Waals surface area contributed by atoms with Gasteiger partial charge in [0.15, 0.2) is 5.82 Å². The van der Waals surface area contributed by atoms with Crippen LogP contribution in [0.1, 0.15) is 46.6 Å². The number of carbonyl (C=O) groups excluding carboxylic acids is 1. The lowest BCUT2D eigenvalue weighted by atomic mass is 10.1. The molecule has 256 valence electrons. The highest BCUT2D eigenvalue weighted by Gasteiger charge is 2.44. The van der Waals surface area contributed by atoms with Gasteiger partial charge < -0.3 is 39.2 Å². The lowest BCUT2D eigenvalue weighted by Gasteiger charge is -2.31. The molecule has 2 aliphatic rings. The highest BCUT2D eigenvalue weighted by Crippen LogP contribution is 2.45. The Morgan fingerprint density at radius 2 is 1.81 bits per heavy atom. The van der Waals surface area contributed by atoms with E-state index in [-0.39, 0.29) is 43.6 Å². The maximum absolute atomic E-state index is 13.0. The van der Waals surface area contributed by atoms with Crippen molar-refractivity contribution in [3.63, 3.8) is 0 Å². The SMILES string of the molecule is CC.COc1nc(N)nc2c1NC(C)N2C1OC(COP(NC(C)C(=O)OCc2ccccc2)Oc2cccc3ccccc23)CC1C. The first-order chi connectivity index (χ1) is 23.3. The van der Waals surface area contributed by atoms with Crippen molar-refractivity contribution in [1.82, 2.24) is 15.1 Å². The number of aromatic nitrogens is 2. The molecule has 1 aromatic heterocycles. The van der Waals surface area contributed by atoms with E-state index in [2.05, 4.69) is 32.2 Å². The molecule has 2 aliphatic heterocycles. The molecule has 0 aliphatic carbocycles. The Kier molecular flexibility index (Phi) is 11.9. The van der Waals surface area contributed by atoms with Gasteiger partial charge in [-0.05, 0) is 37.3 Å². The maximum atomic E-state index is 13.0. The second kappa shape index (κ2) is 16.3. The van der Waals surface area contributed by atoms with E-state index in [9.17, 15) is 4.79 Å². The predicted octanol–water partition coefficient (Wildman–Crippen LogP) is 6.62. The minimum absolute atomic E-state index is 0.122. The van der Waals surface area contributed by atoms with Crippen LogP contribution in [-0.2, 0) is 25.4 Å². The van der Waals surface area contributed by atoms with Gasteiger partial charge in [-0.25, -0.2) is 5.09 Å². The summed E-state index contributed by atoms with van der Waals surface area (Å²) in [7, 11) is -0.223. The molecule has 0 saturated carbocycles. The zero-order valence-electron chi connectivity index (χ0n) is 28.3. The van der Waals surface area contributed by atoms with Gasteiger partial charge >= 0.3 is 14.5 Å². The van der Waals surface area contributed by atoms with Crippen molar-refractivity contribution < 1.29 is 28.1 Å². The number of hydrogen-bond donors (Lipinski definition) is 3. The normalized spacial score (nSPS) is 21.0. The molecule has 1 fully saturated rings. The first kappa shape index (κ1) is 35.1. The van der Waals surface area contributed by atoms with Gasteiger partial charge in [0.25, 0.3) is 0 Å². The summed E-state index contributed by atoms with van der Waals surface area (Å²) in [5.41, 5.74) is 7.59. The second-order valence-electron chi connectivity index (χ2n) is 11.4. The summed E-state index contributed by atoms with van der Waals surface area (Å²) in [6.45, 7) is 10.3. The molecule has 1 saturated heterocycles. The summed E-state index contributed by atoms with van der Waals surface area (Å²) in [5.74, 6) is 1.55. The van der Waals surface area contributed by atoms with E-state index in [4.69, 9.17) is 29.0 Å². The van der Waals surface area contributed by atoms with Gasteiger partial charge in [0.1, 0.15) is 36.5 Å². The first-order valence-electron chi connectivity index (χ1n) is 16.3. The molecule has 6 atom stereocenters. The van der Waals surface area contributed by atoms with Crippen molar-refractivity contribution in [1.29, 1.82) is 0 Å². The first-order valence-corrected chi connectivity index (χ1v) is 17.5. The number of anilines is 3. The molecular weight excluding hydrogens is 631 g/mol. The van der Waals surface area contributed by atoms with Gasteiger partial charge in [0.05, 0.1) is 19.8 Å². The molecule has 12 nitrogen and oxygen atoms in total. The average molecular weight is 677 g/mol. The van der Waals surface area contributed by atoms with Gasteiger partial charge in [-0.15, -0.1) is 0 Å². The Labute approximate surface area is 283 Å². The molecule has 13 heteroatoms. The van der Waals surface area contributed by atoms with Crippen LogP contribution >= 0.6 is 8.53 Å². The number of carbonyl (C=O) groups is 1. The number of methoxy groups -OCH3 is 1. The molecule has 3 aromatic carbocycles. The van der Waals surface area contributed by atoms with Crippen LogP contribution in [0.4, 0.5) is 17.5 Å². The fourth-order valence-corrected chi connectivity index (χ4v) is 6.98. The van der Waals surface area contributed by atoms with E-state index in [0.29, 0.717) is 23.1 Å². The number of nitrogens with one attached hydrogen (secondary N) is 2. The van der Waals surface area contributed by atoms with Crippen LogP contribution in [0, 0.1) is 5.92 Å². The Hall–Kier alpha value is -4.22. The van der Waals surface area contributed by atoms with Gasteiger partial charge in [-0.1, -0.05) is 87.5 Å². The third kappa shape index (κ3) is 8.07. The van der Waals surface area contributed by atoms with Crippen molar-refractivity contribution in [3.8, 4) is 11.6 Å². The lowest BCUT2D eigenvalue weighted by Crippen LogP contribution is -2.44. The van der Waals surface area contributed by atoms with Crippen LogP contribution in [0.25, 0.3) is 10.8 Å². The third-order valence-electron chi connectivity index (χ3n) is 8.00. The number of nitrogens with zero attached hydrogens (tertiary/aromatic N) is 3. The Morgan fingerprint density at radius 3 is 2.58 bits per heavy atom. The number of benzene rings is 3. The minimum Gasteiger partial charge on any atom is -0.479 e. The van der Waals surface area contributed by atoms with Crippen LogP contribution in [-0.4, -0.2) is 54.2 Å². The van der Waals surface area contributed by atoms with Crippen molar-refractivity contribution in [2.75, 3.05) is 29.7 Å². The van der Waals surface area contributed by atoms with Crippen molar-refractivity contribution in [2.24, 2.45) is 5.92 Å². The molecule has 48 heavy (non-hydrogen) atoms. The fraction of sp³-hybridized carbons (Fsp3) is 0.400. The molecule has 0 radical (unpaired) electrons. The van der Waals surface area contributed by atoms with Crippen LogP contribution in [0.3, 0.4) is 0 Å². The molecule has 6 unspecified atom stereocenters. The number of ether oxygens (including phenoxy) is 3. The van der Waals surface area contributed by atoms with Crippen molar-refractivity contribution in [2.45, 2.75) is 72.2 Å². The minimum atomic E-state index is -1.77. The summed E-state index contributed by atoms with van der Waals surface area (Å²) >= 11 is 0. The molecule has 4 aromatic rings. The molecular formula is C35H45N6O6P. The fourth-order valence-electron chi connectivity index (χ4n) is 5.74. The number of esters is 1. The highest BCUT2D eigenvalue weighted by molar-refractivity contribution is 7.45. The zero-order chi connectivity index (χ0) is 34.2. The van der Waals surface area contributed by atoms with Gasteiger partial charge in [0, 0.05) is 11.3 Å². The van der Waals surface area contributed by atoms with E-state index >= 15 is 0 Å². The maximum Gasteiger partial charge on any atom is 0.323 e. The number of nitrogen functional groups attached to an aromatic ring is 1. The van der Waals surface area contributed by atoms with Crippen LogP contribution in [0.15, 0.2) is 72.8 Å². The standard InChI is InChI=1S/C33H39N6O6P.C2H6/c1-20-17-25(44-31(20)39-22(3)35-28-29(39)36-33(34)37-30(28)41-4)19-43-46(45-27-16-10-14-24-13-8-9-15-26(24)27)38-21(2)32(40)42-18-23-11-6-5-7-12-23;1-2/h5-16,20-22,25,31,35,38H,17-19H2,1-4H3,(H2,34,36,37);1-2H3. The number of hydrogen-bond acceptors (Lipinski definition) is 12. The van der Waals surface area contributed by atoms with E-state index in [1.165, 1.54) is 0 Å². The third-order valence-corrected chi connectivity index (χ3v) is 9.34. The molecule has 0 bridgehead atoms.